The summed E-state index contributed by atoms with van der Waals surface area (Å²) in [5, 5.41) is 16.0. The fourth-order valence-corrected chi connectivity index (χ4v) is 0.955. The molecule has 0 fully saturated rings. The van der Waals surface area contributed by atoms with Crippen molar-refractivity contribution in [3.63, 3.8) is 0 Å². The lowest BCUT2D eigenvalue weighted by molar-refractivity contribution is 0.110. The Morgan fingerprint density at radius 2 is 1.05 bits per heavy atom. The summed E-state index contributed by atoms with van der Waals surface area (Å²) in [6.45, 7) is 1.39. The Balaban J connectivity index is -0.000000239. The zero-order valence-electron chi connectivity index (χ0n) is 10.6. The van der Waals surface area contributed by atoms with E-state index in [-0.39, 0.29) is 6.61 Å². The molecule has 0 rings (SSSR count). The average Bonchev–Trinajstić information content (AvgIpc) is 2.10. The molecule has 0 radical (unpaired) electrons. The van der Waals surface area contributed by atoms with Gasteiger partial charge in [0.15, 0.2) is 0 Å². The van der Waals surface area contributed by atoms with Crippen LogP contribution in [-0.4, -0.2) is 73.2 Å². The van der Waals surface area contributed by atoms with Crippen molar-refractivity contribution in [2.75, 3.05) is 18.1 Å². The maximum Gasteiger partial charge on any atom is 0.270 e. The van der Waals surface area contributed by atoms with E-state index in [9.17, 15) is 34.4 Å². The monoisotopic (exact) mass is 368 g/mol. The second-order valence-corrected chi connectivity index (χ2v) is 6.31. The third kappa shape index (κ3) is 45.2. The van der Waals surface area contributed by atoms with E-state index in [4.69, 9.17) is 19.3 Å². The van der Waals surface area contributed by atoms with Crippen LogP contribution >= 0.6 is 0 Å². The maximum atomic E-state index is 11.0. The van der Waals surface area contributed by atoms with E-state index in [0.29, 0.717) is 0 Å². The molecular weight excluding hydrogens is 352 g/mol. The molecule has 8 nitrogen and oxygen atoms in total. The van der Waals surface area contributed by atoms with E-state index in [1.165, 1.54) is 6.92 Å². The Morgan fingerprint density at radius 1 is 0.857 bits per heavy atom. The summed E-state index contributed by atoms with van der Waals surface area (Å²) >= 11 is 0. The number of halogens is 4. The van der Waals surface area contributed by atoms with Gasteiger partial charge in [0.25, 0.3) is 33.1 Å². The van der Waals surface area contributed by atoms with Gasteiger partial charge in [-0.1, -0.05) is 0 Å². The first-order valence-corrected chi connectivity index (χ1v) is 8.08. The van der Waals surface area contributed by atoms with Crippen molar-refractivity contribution in [2.45, 2.75) is 25.9 Å². The van der Waals surface area contributed by atoms with Crippen LogP contribution in [0.5, 0.6) is 0 Å². The molecule has 0 saturated carbocycles. The van der Waals surface area contributed by atoms with Gasteiger partial charge in [0.05, 0.1) is 12.7 Å². The van der Waals surface area contributed by atoms with E-state index in [2.05, 4.69) is 0 Å². The van der Waals surface area contributed by atoms with Crippen molar-refractivity contribution in [3.05, 3.63) is 0 Å². The van der Waals surface area contributed by atoms with Crippen molar-refractivity contribution < 1.29 is 53.7 Å². The largest absolute Gasteiger partial charge is 0.394 e. The minimum absolute atomic E-state index is 0.139. The normalized spacial score (nSPS) is 13.1. The molecule has 1 unspecified atom stereocenters. The summed E-state index contributed by atoms with van der Waals surface area (Å²) in [5.41, 5.74) is 0. The molecule has 0 aromatic heterocycles. The van der Waals surface area contributed by atoms with Gasteiger partial charge in [-0.15, -0.1) is 0 Å². The molecule has 4 N–H and O–H groups in total. The van der Waals surface area contributed by atoms with Crippen LogP contribution in [0.2, 0.25) is 0 Å². The zero-order chi connectivity index (χ0) is 17.9. The summed E-state index contributed by atoms with van der Waals surface area (Å²) in [7, 11) is -8.95. The van der Waals surface area contributed by atoms with Gasteiger partial charge >= 0.3 is 0 Å². The molecule has 0 amide bonds. The molecule has 0 aromatic carbocycles. The maximum absolute atomic E-state index is 11.0. The van der Waals surface area contributed by atoms with Crippen molar-refractivity contribution in [3.8, 4) is 0 Å². The molecular formula is C7H16F4O8S2. The number of hydrogen-bond acceptors (Lipinski definition) is 6. The predicted molar refractivity (Wildman–Crippen MR) is 63.6 cm³/mol. The summed E-state index contributed by atoms with van der Waals surface area (Å²) in [6, 6.07) is 0. The van der Waals surface area contributed by atoms with Crippen LogP contribution in [-0.2, 0) is 20.2 Å². The molecule has 0 aromatic rings. The molecule has 132 valence electrons. The van der Waals surface area contributed by atoms with Gasteiger partial charge in [-0.05, 0) is 6.92 Å². The van der Waals surface area contributed by atoms with Crippen LogP contribution < -0.4 is 0 Å². The lowest BCUT2D eigenvalue weighted by Crippen LogP contribution is -2.11. The lowest BCUT2D eigenvalue weighted by atomic mass is 10.5. The standard InChI is InChI=1S/C3H8O2.2C2H4F2O3S/c1-3(5)2-4;2*3-2(4)1-8(5,6)7/h3-5H,2H2,1H3;2*2H,1H2,(H,5,6,7). The van der Waals surface area contributed by atoms with Crippen LogP contribution in [0.25, 0.3) is 0 Å². The van der Waals surface area contributed by atoms with E-state index in [0.717, 1.165) is 0 Å². The van der Waals surface area contributed by atoms with Crippen LogP contribution in [0.1, 0.15) is 6.92 Å². The third-order valence-corrected chi connectivity index (χ3v) is 2.28. The highest BCUT2D eigenvalue weighted by Gasteiger charge is 2.13. The number of rotatable bonds is 5. The van der Waals surface area contributed by atoms with Crippen molar-refractivity contribution in [1.29, 1.82) is 0 Å². The van der Waals surface area contributed by atoms with Crippen molar-refractivity contribution in [2.24, 2.45) is 0 Å². The highest BCUT2D eigenvalue weighted by molar-refractivity contribution is 7.86. The molecule has 0 aliphatic rings. The number of alkyl halides is 4. The second-order valence-electron chi connectivity index (χ2n) is 3.31. The van der Waals surface area contributed by atoms with Gasteiger partial charge in [-0.2, -0.15) is 16.8 Å². The fraction of sp³-hybridized carbons (Fsp3) is 1.00. The van der Waals surface area contributed by atoms with Gasteiger partial charge in [0.1, 0.15) is 11.5 Å². The Labute approximate surface area is 118 Å². The second kappa shape index (κ2) is 12.0. The Bertz CT molecular complexity index is 396. The van der Waals surface area contributed by atoms with Crippen LogP contribution in [0, 0.1) is 0 Å². The quantitative estimate of drug-likeness (QED) is 0.380. The first kappa shape index (κ1) is 25.4. The van der Waals surface area contributed by atoms with E-state index >= 15 is 0 Å². The molecule has 21 heavy (non-hydrogen) atoms. The minimum atomic E-state index is -4.47. The van der Waals surface area contributed by atoms with Gasteiger partial charge < -0.3 is 10.2 Å². The molecule has 0 aliphatic carbocycles. The first-order chi connectivity index (χ1) is 9.10. The van der Waals surface area contributed by atoms with Gasteiger partial charge in [-0.25, -0.2) is 17.6 Å². The van der Waals surface area contributed by atoms with Crippen molar-refractivity contribution in [1.82, 2.24) is 0 Å². The van der Waals surface area contributed by atoms with Crippen molar-refractivity contribution >= 4 is 20.2 Å². The number of aliphatic hydroxyl groups is 2. The van der Waals surface area contributed by atoms with Crippen LogP contribution in [0.3, 0.4) is 0 Å². The van der Waals surface area contributed by atoms with Gasteiger partial charge in [0.2, 0.25) is 0 Å². The van der Waals surface area contributed by atoms with E-state index in [1.54, 1.807) is 0 Å². The summed E-state index contributed by atoms with van der Waals surface area (Å²) in [6.07, 6.45) is -6.55. The van der Waals surface area contributed by atoms with Crippen LogP contribution in [0.15, 0.2) is 0 Å². The number of aliphatic hydroxyl groups excluding tert-OH is 2. The molecule has 0 bridgehead atoms. The van der Waals surface area contributed by atoms with E-state index in [1.807, 2.05) is 0 Å². The minimum Gasteiger partial charge on any atom is -0.394 e. The zero-order valence-corrected chi connectivity index (χ0v) is 12.2. The smallest absolute Gasteiger partial charge is 0.270 e. The fourth-order valence-electron chi connectivity index (χ4n) is 0.318. The highest BCUT2D eigenvalue weighted by atomic mass is 32.2. The van der Waals surface area contributed by atoms with Gasteiger partial charge in [-0.3, -0.25) is 9.11 Å². The highest BCUT2D eigenvalue weighted by Crippen LogP contribution is 1.95. The van der Waals surface area contributed by atoms with Gasteiger partial charge in [0, 0.05) is 0 Å². The third-order valence-electron chi connectivity index (χ3n) is 0.937. The molecule has 14 heteroatoms. The predicted octanol–water partition coefficient (Wildman–Crippen LogP) is -0.362. The van der Waals surface area contributed by atoms with Crippen LogP contribution in [0.4, 0.5) is 17.6 Å². The summed E-state index contributed by atoms with van der Waals surface area (Å²) in [4.78, 5) is 0. The summed E-state index contributed by atoms with van der Waals surface area (Å²) in [5.74, 6) is -2.96. The topological polar surface area (TPSA) is 149 Å². The molecule has 0 saturated heterocycles. The summed E-state index contributed by atoms with van der Waals surface area (Å²) < 4.78 is 97.4. The van der Waals surface area contributed by atoms with E-state index < -0.39 is 50.7 Å². The lowest BCUT2D eigenvalue weighted by Gasteiger charge is -1.91. The number of hydrogen-bond donors (Lipinski definition) is 4. The SMILES string of the molecule is CC(O)CO.O=S(=O)(O)CC(F)F.O=S(=O)(O)CC(F)F. The average molecular weight is 368 g/mol. The Morgan fingerprint density at radius 3 is 1.05 bits per heavy atom. The molecule has 0 spiro atoms. The molecule has 1 atom stereocenters. The molecule has 0 aliphatic heterocycles. The Kier molecular flexibility index (Phi) is 14.6. The Hall–Kier alpha value is -0.540. The molecule has 0 heterocycles. The first-order valence-electron chi connectivity index (χ1n) is 4.86.